The van der Waals surface area contributed by atoms with E-state index >= 15 is 0 Å². The molecule has 0 aromatic heterocycles. The zero-order valence-corrected chi connectivity index (χ0v) is 20.2. The van der Waals surface area contributed by atoms with E-state index in [1.54, 1.807) is 53.4 Å². The van der Waals surface area contributed by atoms with Gasteiger partial charge < -0.3 is 15.0 Å². The van der Waals surface area contributed by atoms with Crippen LogP contribution in [-0.4, -0.2) is 57.7 Å². The van der Waals surface area contributed by atoms with Crippen LogP contribution in [0.3, 0.4) is 0 Å². The fraction of sp³-hybridized carbons (Fsp3) is 0.231. The lowest BCUT2D eigenvalue weighted by atomic mass is 10.1. The number of nitrogens with zero attached hydrogens (tertiary/aromatic N) is 2. The van der Waals surface area contributed by atoms with E-state index < -0.39 is 15.9 Å². The van der Waals surface area contributed by atoms with E-state index in [2.05, 4.69) is 5.32 Å². The van der Waals surface area contributed by atoms with Crippen molar-refractivity contribution in [2.45, 2.75) is 6.54 Å². The van der Waals surface area contributed by atoms with Gasteiger partial charge in [0.2, 0.25) is 10.0 Å². The molecule has 2 amide bonds. The number of para-hydroxylation sites is 2. The number of carbonyl (C=O) groups is 2. The molecule has 0 bridgehead atoms. The monoisotopic (exact) mass is 493 g/mol. The smallest absolute Gasteiger partial charge is 0.257 e. The van der Waals surface area contributed by atoms with E-state index in [-0.39, 0.29) is 23.7 Å². The molecule has 1 heterocycles. The van der Waals surface area contributed by atoms with Crippen LogP contribution >= 0.6 is 0 Å². The highest BCUT2D eigenvalue weighted by Crippen LogP contribution is 2.27. The second-order valence-electron chi connectivity index (χ2n) is 8.18. The van der Waals surface area contributed by atoms with Gasteiger partial charge in [-0.1, -0.05) is 54.6 Å². The predicted molar refractivity (Wildman–Crippen MR) is 135 cm³/mol. The summed E-state index contributed by atoms with van der Waals surface area (Å²) in [7, 11) is -3.70. The molecule has 0 aliphatic carbocycles. The third-order valence-electron chi connectivity index (χ3n) is 5.69. The Bertz CT molecular complexity index is 1310. The number of hydrogen-bond acceptors (Lipinski definition) is 5. The number of anilines is 2. The highest BCUT2D eigenvalue weighted by atomic mass is 32.2. The lowest BCUT2D eigenvalue weighted by molar-refractivity contribution is 0.0303. The van der Waals surface area contributed by atoms with Crippen molar-refractivity contribution in [3.63, 3.8) is 0 Å². The van der Waals surface area contributed by atoms with E-state index in [4.69, 9.17) is 4.74 Å². The number of nitrogens with one attached hydrogen (secondary N) is 1. The third-order valence-corrected chi connectivity index (χ3v) is 6.82. The van der Waals surface area contributed by atoms with E-state index in [1.165, 1.54) is 4.31 Å². The van der Waals surface area contributed by atoms with Gasteiger partial charge in [0, 0.05) is 13.1 Å². The maximum absolute atomic E-state index is 13.4. The van der Waals surface area contributed by atoms with Crippen molar-refractivity contribution in [2.24, 2.45) is 0 Å². The Morgan fingerprint density at radius 1 is 0.886 bits per heavy atom. The zero-order valence-electron chi connectivity index (χ0n) is 19.4. The first-order valence-corrected chi connectivity index (χ1v) is 13.1. The predicted octanol–water partition coefficient (Wildman–Crippen LogP) is 3.38. The summed E-state index contributed by atoms with van der Waals surface area (Å²) in [5.41, 5.74) is 1.95. The van der Waals surface area contributed by atoms with Crippen molar-refractivity contribution in [1.29, 1.82) is 0 Å². The van der Waals surface area contributed by atoms with E-state index in [0.29, 0.717) is 37.6 Å². The van der Waals surface area contributed by atoms with Crippen LogP contribution in [0.25, 0.3) is 0 Å². The summed E-state index contributed by atoms with van der Waals surface area (Å²) in [6.07, 6.45) is 1.11. The van der Waals surface area contributed by atoms with Crippen LogP contribution in [0.15, 0.2) is 78.9 Å². The van der Waals surface area contributed by atoms with Crippen molar-refractivity contribution in [3.8, 4) is 0 Å². The van der Waals surface area contributed by atoms with Gasteiger partial charge >= 0.3 is 0 Å². The first kappa shape index (κ1) is 24.4. The number of amides is 2. The summed E-state index contributed by atoms with van der Waals surface area (Å²) in [6, 6.07) is 22.5. The second-order valence-corrected chi connectivity index (χ2v) is 10.1. The molecule has 1 N–H and O–H groups in total. The Kier molecular flexibility index (Phi) is 7.48. The zero-order chi connectivity index (χ0) is 24.8. The number of benzene rings is 3. The SMILES string of the molecule is CS(=O)(=O)N(Cc1ccccc1)c1ccccc1C(=O)Nc1ccccc1C(=O)N1CCOCC1. The maximum atomic E-state index is 13.4. The minimum Gasteiger partial charge on any atom is -0.378 e. The van der Waals surface area contributed by atoms with Crippen molar-refractivity contribution in [3.05, 3.63) is 95.6 Å². The molecule has 0 saturated carbocycles. The average Bonchev–Trinajstić information content (AvgIpc) is 2.87. The summed E-state index contributed by atoms with van der Waals surface area (Å²) >= 11 is 0. The van der Waals surface area contributed by atoms with Gasteiger partial charge in [-0.15, -0.1) is 0 Å². The molecular formula is C26H27N3O5S. The van der Waals surface area contributed by atoms with Gasteiger partial charge in [-0.2, -0.15) is 0 Å². The molecule has 1 aliphatic heterocycles. The summed E-state index contributed by atoms with van der Waals surface area (Å²) in [5, 5.41) is 2.82. The number of carbonyl (C=O) groups excluding carboxylic acids is 2. The lowest BCUT2D eigenvalue weighted by Gasteiger charge is -2.28. The van der Waals surface area contributed by atoms with Gasteiger partial charge in [-0.25, -0.2) is 8.42 Å². The fourth-order valence-corrected chi connectivity index (χ4v) is 4.82. The Balaban J connectivity index is 1.64. The molecule has 8 nitrogen and oxygen atoms in total. The minimum absolute atomic E-state index is 0.0794. The molecule has 1 fully saturated rings. The number of ether oxygens (including phenoxy) is 1. The number of morpholine rings is 1. The molecule has 1 saturated heterocycles. The first-order chi connectivity index (χ1) is 16.8. The van der Waals surface area contributed by atoms with Crippen LogP contribution in [0.5, 0.6) is 0 Å². The van der Waals surface area contributed by atoms with Crippen LogP contribution in [0, 0.1) is 0 Å². The van der Waals surface area contributed by atoms with E-state index in [0.717, 1.165) is 11.8 Å². The maximum Gasteiger partial charge on any atom is 0.257 e. The molecule has 0 spiro atoms. The molecule has 1 aliphatic rings. The number of hydrogen-bond donors (Lipinski definition) is 1. The van der Waals surface area contributed by atoms with E-state index in [9.17, 15) is 18.0 Å². The van der Waals surface area contributed by atoms with Crippen LogP contribution in [0.1, 0.15) is 26.3 Å². The molecule has 4 rings (SSSR count). The summed E-state index contributed by atoms with van der Waals surface area (Å²) in [5.74, 6) is -0.705. The fourth-order valence-electron chi connectivity index (χ4n) is 3.92. The molecule has 0 unspecified atom stereocenters. The number of rotatable bonds is 7. The van der Waals surface area contributed by atoms with Gasteiger partial charge in [-0.05, 0) is 29.8 Å². The highest BCUT2D eigenvalue weighted by Gasteiger charge is 2.25. The Morgan fingerprint density at radius 3 is 2.17 bits per heavy atom. The van der Waals surface area contributed by atoms with Gasteiger partial charge in [-0.3, -0.25) is 13.9 Å². The standard InChI is InChI=1S/C26H27N3O5S/c1-35(32,33)29(19-20-9-3-2-4-10-20)24-14-8-6-12-22(24)25(30)27-23-13-7-5-11-21(23)26(31)28-15-17-34-18-16-28/h2-14H,15-19H2,1H3,(H,27,30). The lowest BCUT2D eigenvalue weighted by Crippen LogP contribution is -2.41. The van der Waals surface area contributed by atoms with Crippen LogP contribution in [-0.2, 0) is 21.3 Å². The highest BCUT2D eigenvalue weighted by molar-refractivity contribution is 7.92. The average molecular weight is 494 g/mol. The summed E-state index contributed by atoms with van der Waals surface area (Å²) in [6.45, 7) is 1.97. The Morgan fingerprint density at radius 2 is 1.49 bits per heavy atom. The summed E-state index contributed by atoms with van der Waals surface area (Å²) in [4.78, 5) is 28.2. The molecule has 9 heteroatoms. The Hall–Kier alpha value is -3.69. The second kappa shape index (κ2) is 10.7. The molecule has 3 aromatic rings. The van der Waals surface area contributed by atoms with Crippen molar-refractivity contribution < 1.29 is 22.7 Å². The summed E-state index contributed by atoms with van der Waals surface area (Å²) < 4.78 is 32.0. The van der Waals surface area contributed by atoms with Crippen molar-refractivity contribution in [2.75, 3.05) is 42.2 Å². The van der Waals surface area contributed by atoms with Gasteiger partial charge in [0.15, 0.2) is 0 Å². The van der Waals surface area contributed by atoms with Crippen LogP contribution in [0.2, 0.25) is 0 Å². The molecule has 3 aromatic carbocycles. The minimum atomic E-state index is -3.70. The van der Waals surface area contributed by atoms with Gasteiger partial charge in [0.1, 0.15) is 0 Å². The Labute approximate surface area is 205 Å². The quantitative estimate of drug-likeness (QED) is 0.544. The molecule has 35 heavy (non-hydrogen) atoms. The normalized spacial score (nSPS) is 13.8. The third kappa shape index (κ3) is 5.87. The van der Waals surface area contributed by atoms with Crippen LogP contribution < -0.4 is 9.62 Å². The van der Waals surface area contributed by atoms with Crippen LogP contribution in [0.4, 0.5) is 11.4 Å². The molecule has 0 radical (unpaired) electrons. The number of sulfonamides is 1. The first-order valence-electron chi connectivity index (χ1n) is 11.2. The molecule has 0 atom stereocenters. The van der Waals surface area contributed by atoms with E-state index in [1.807, 2.05) is 30.3 Å². The van der Waals surface area contributed by atoms with Crippen molar-refractivity contribution >= 4 is 33.2 Å². The molecular weight excluding hydrogens is 466 g/mol. The largest absolute Gasteiger partial charge is 0.378 e. The van der Waals surface area contributed by atoms with Gasteiger partial charge in [0.05, 0.1) is 48.5 Å². The van der Waals surface area contributed by atoms with Gasteiger partial charge in [0.25, 0.3) is 11.8 Å². The van der Waals surface area contributed by atoms with Crippen molar-refractivity contribution in [1.82, 2.24) is 4.90 Å². The topological polar surface area (TPSA) is 96.0 Å². The molecule has 182 valence electrons.